The molecule has 5 N–H and O–H groups in total. The first-order valence-corrected chi connectivity index (χ1v) is 19.8. The predicted molar refractivity (Wildman–Crippen MR) is 208 cm³/mol. The fraction of sp³-hybridized carbons (Fsp3) is 0.462. The minimum atomic E-state index is -4.83. The summed E-state index contributed by atoms with van der Waals surface area (Å²) in [6.07, 6.45) is 1.58. The van der Waals surface area contributed by atoms with Crippen LogP contribution in [-0.2, 0) is 22.8 Å². The zero-order valence-corrected chi connectivity index (χ0v) is 33.0. The number of quaternary nitrogens is 1. The smallest absolute Gasteiger partial charge is 0.435 e. The van der Waals surface area contributed by atoms with Gasteiger partial charge in [0.25, 0.3) is 11.8 Å². The number of carboxylic acid groups (broad SMARTS) is 1. The molecule has 4 fully saturated rings. The number of carboxylic acids is 1. The number of halogens is 4. The number of nitrogens with one attached hydrogen (secondary N) is 2. The highest BCUT2D eigenvalue weighted by atomic mass is 35.5. The van der Waals surface area contributed by atoms with E-state index in [1.54, 1.807) is 4.90 Å². The van der Waals surface area contributed by atoms with E-state index in [0.29, 0.717) is 61.7 Å². The number of carbonyl (C=O) groups excluding carboxylic acids is 3. The van der Waals surface area contributed by atoms with Crippen LogP contribution in [0.4, 0.5) is 24.5 Å². The van der Waals surface area contributed by atoms with Gasteiger partial charge in [-0.25, -0.2) is 19.4 Å². The van der Waals surface area contributed by atoms with Crippen LogP contribution >= 0.6 is 11.6 Å². The Labute approximate surface area is 341 Å². The van der Waals surface area contributed by atoms with Crippen molar-refractivity contribution in [3.63, 3.8) is 0 Å². The lowest BCUT2D eigenvalue weighted by Gasteiger charge is -2.48. The van der Waals surface area contributed by atoms with Crippen LogP contribution in [0.3, 0.4) is 0 Å². The molecule has 0 bridgehead atoms. The van der Waals surface area contributed by atoms with Crippen molar-refractivity contribution < 1.29 is 41.9 Å². The van der Waals surface area contributed by atoms with E-state index < -0.39 is 29.3 Å². The van der Waals surface area contributed by atoms with Crippen LogP contribution in [0.5, 0.6) is 0 Å². The maximum absolute atomic E-state index is 14.1. The second-order valence-corrected chi connectivity index (χ2v) is 16.6. The SMILES string of the molecule is Cn1c(-c2cn(-c3ccc(N)cn3)nc2C(F)(F)F)cnc1C(=O)Nc1ccc(C(=O)N2CCN(C(=O)C3CC[N+](CC(=O)O)(CC4CNC4)CC3)C3(CC3)C2)c(Cl)c1. The standard InChI is InChI=1S/C39H43ClF3N11O5/c1-50-30(28-19-53(49-33(28)39(41,42)43)31-5-2-25(44)17-46-31)18-47-34(50)35(57)48-26-3-4-27(29(40)14-26)37(59)51-10-11-52(38(22-51)8-9-38)36(58)24-6-12-54(13-7-24,21-32(55)56)20-23-15-45-16-23/h2-5,14,17-19,23-24,45H,6-13,15-16,20-22,44H2,1H3,(H-,48,55,56,57,59)/p+1. The molecule has 0 unspecified atom stereocenters. The molecule has 8 rings (SSSR count). The topological polar surface area (TPSA) is 194 Å². The van der Waals surface area contributed by atoms with Gasteiger partial charge in [-0.15, -0.1) is 0 Å². The van der Waals surface area contributed by atoms with E-state index in [4.69, 9.17) is 17.3 Å². The number of aliphatic carboxylic acids is 1. The van der Waals surface area contributed by atoms with Gasteiger partial charge in [0, 0.05) is 76.3 Å². The fourth-order valence-electron chi connectivity index (χ4n) is 8.78. The summed E-state index contributed by atoms with van der Waals surface area (Å²) in [5.74, 6) is -1.59. The Bertz CT molecular complexity index is 2300. The predicted octanol–water partition coefficient (Wildman–Crippen LogP) is 3.52. The summed E-state index contributed by atoms with van der Waals surface area (Å²) in [5, 5.41) is 19.4. The number of imidazole rings is 1. The van der Waals surface area contributed by atoms with E-state index in [1.165, 1.54) is 48.1 Å². The zero-order valence-electron chi connectivity index (χ0n) is 32.2. The summed E-state index contributed by atoms with van der Waals surface area (Å²) in [6.45, 7) is 5.03. The summed E-state index contributed by atoms with van der Waals surface area (Å²) in [6, 6.07) is 7.33. The third-order valence-electron chi connectivity index (χ3n) is 12.2. The first-order chi connectivity index (χ1) is 28.0. The average molecular weight is 839 g/mol. The minimum absolute atomic E-state index is 0.0219. The molecule has 1 saturated carbocycles. The van der Waals surface area contributed by atoms with Gasteiger partial charge in [0.2, 0.25) is 5.91 Å². The van der Waals surface area contributed by atoms with Crippen molar-refractivity contribution in [2.24, 2.45) is 18.9 Å². The van der Waals surface area contributed by atoms with E-state index >= 15 is 0 Å². The van der Waals surface area contributed by atoms with E-state index in [2.05, 4.69) is 25.7 Å². The van der Waals surface area contributed by atoms with Crippen LogP contribution in [0.25, 0.3) is 17.1 Å². The molecular formula is C39H44ClF3N11O5+. The van der Waals surface area contributed by atoms with Crippen molar-refractivity contribution in [3.8, 4) is 17.1 Å². The van der Waals surface area contributed by atoms with Gasteiger partial charge in [-0.1, -0.05) is 11.6 Å². The van der Waals surface area contributed by atoms with Gasteiger partial charge in [0.1, 0.15) is 0 Å². The van der Waals surface area contributed by atoms with Crippen molar-refractivity contribution in [2.45, 2.75) is 37.4 Å². The molecular weight excluding hydrogens is 795 g/mol. The van der Waals surface area contributed by atoms with Crippen LogP contribution < -0.4 is 16.4 Å². The summed E-state index contributed by atoms with van der Waals surface area (Å²) < 4.78 is 45.0. The van der Waals surface area contributed by atoms with Gasteiger partial charge in [0.05, 0.1) is 65.1 Å². The zero-order chi connectivity index (χ0) is 41.9. The molecule has 0 atom stereocenters. The summed E-state index contributed by atoms with van der Waals surface area (Å²) >= 11 is 6.62. The number of piperidine rings is 1. The third kappa shape index (κ3) is 7.97. The number of hydrogen-bond acceptors (Lipinski definition) is 9. The second kappa shape index (κ2) is 15.3. The lowest BCUT2D eigenvalue weighted by molar-refractivity contribution is -0.929. The number of alkyl halides is 3. The molecule has 312 valence electrons. The quantitative estimate of drug-likeness (QED) is 0.172. The normalized spacial score (nSPS) is 21.6. The summed E-state index contributed by atoms with van der Waals surface area (Å²) in [7, 11) is 1.40. The Hall–Kier alpha value is -5.53. The molecule has 20 heteroatoms. The first kappa shape index (κ1) is 40.3. The van der Waals surface area contributed by atoms with Crippen molar-refractivity contribution >= 4 is 46.7 Å². The lowest BCUT2D eigenvalue weighted by Crippen LogP contribution is -2.63. The largest absolute Gasteiger partial charge is 0.477 e. The van der Waals surface area contributed by atoms with Gasteiger partial charge in [-0.05, 0) is 43.2 Å². The maximum atomic E-state index is 14.1. The molecule has 4 aliphatic rings. The number of benzene rings is 1. The van der Waals surface area contributed by atoms with E-state index in [9.17, 15) is 37.5 Å². The van der Waals surface area contributed by atoms with Crippen molar-refractivity contribution in [1.29, 1.82) is 0 Å². The van der Waals surface area contributed by atoms with Gasteiger partial charge in [-0.3, -0.25) is 14.4 Å². The summed E-state index contributed by atoms with van der Waals surface area (Å²) in [4.78, 5) is 64.7. The highest BCUT2D eigenvalue weighted by molar-refractivity contribution is 6.34. The molecule has 1 aliphatic carbocycles. The molecule has 0 radical (unpaired) electrons. The first-order valence-electron chi connectivity index (χ1n) is 19.4. The van der Waals surface area contributed by atoms with Crippen LogP contribution in [0.2, 0.25) is 5.02 Å². The number of pyridine rings is 1. The Morgan fingerprint density at radius 3 is 2.42 bits per heavy atom. The Balaban J connectivity index is 0.905. The van der Waals surface area contributed by atoms with Gasteiger partial charge in [-0.2, -0.15) is 18.3 Å². The fourth-order valence-corrected chi connectivity index (χ4v) is 9.04. The van der Waals surface area contributed by atoms with Crippen LogP contribution in [-0.4, -0.2) is 132 Å². The number of anilines is 2. The number of nitrogen functional groups attached to an aromatic ring is 1. The summed E-state index contributed by atoms with van der Waals surface area (Å²) in [5.41, 5.74) is 4.46. The average Bonchev–Trinajstić information content (AvgIpc) is 3.58. The van der Waals surface area contributed by atoms with Crippen molar-refractivity contribution in [1.82, 2.24) is 39.4 Å². The number of piperazine rings is 1. The Kier molecular flexibility index (Phi) is 10.4. The van der Waals surface area contributed by atoms with Gasteiger partial charge < -0.3 is 40.3 Å². The molecule has 3 amide bonds. The number of nitrogens with zero attached hydrogens (tertiary/aromatic N) is 8. The number of aromatic nitrogens is 5. The van der Waals surface area contributed by atoms with E-state index in [0.717, 1.165) is 49.6 Å². The number of rotatable bonds is 10. The Morgan fingerprint density at radius 1 is 1.07 bits per heavy atom. The van der Waals surface area contributed by atoms with E-state index in [1.807, 2.05) is 4.90 Å². The molecule has 59 heavy (non-hydrogen) atoms. The highest BCUT2D eigenvalue weighted by Gasteiger charge is 2.55. The monoisotopic (exact) mass is 838 g/mol. The van der Waals surface area contributed by atoms with E-state index in [-0.39, 0.29) is 63.5 Å². The lowest BCUT2D eigenvalue weighted by atomic mass is 9.90. The Morgan fingerprint density at radius 2 is 1.81 bits per heavy atom. The number of likely N-dealkylation sites (tertiary alicyclic amines) is 1. The van der Waals surface area contributed by atoms with Crippen molar-refractivity contribution in [3.05, 3.63) is 71.0 Å². The van der Waals surface area contributed by atoms with Crippen LogP contribution in [0, 0.1) is 11.8 Å². The molecule has 4 aromatic rings. The minimum Gasteiger partial charge on any atom is -0.477 e. The van der Waals surface area contributed by atoms with Crippen LogP contribution in [0.15, 0.2) is 48.9 Å². The number of amides is 3. The van der Waals surface area contributed by atoms with Crippen molar-refractivity contribution in [2.75, 3.05) is 70.0 Å². The van der Waals surface area contributed by atoms with Gasteiger partial charge in [0.15, 0.2) is 23.9 Å². The molecule has 3 aliphatic heterocycles. The highest BCUT2D eigenvalue weighted by Crippen LogP contribution is 2.46. The molecule has 3 saturated heterocycles. The number of nitrogens with two attached hydrogens (primary N) is 1. The third-order valence-corrected chi connectivity index (χ3v) is 12.5. The second-order valence-electron chi connectivity index (χ2n) is 16.2. The molecule has 6 heterocycles. The van der Waals surface area contributed by atoms with Gasteiger partial charge >= 0.3 is 12.1 Å². The molecule has 16 nitrogen and oxygen atoms in total. The molecule has 1 spiro atoms. The van der Waals surface area contributed by atoms with Crippen LogP contribution in [0.1, 0.15) is 52.4 Å². The number of hydrogen-bond donors (Lipinski definition) is 4. The maximum Gasteiger partial charge on any atom is 0.435 e. The molecule has 1 aromatic carbocycles. The number of carbonyl (C=O) groups is 4. The molecule has 3 aromatic heterocycles.